The molecule has 0 radical (unpaired) electrons. The van der Waals surface area contributed by atoms with Gasteiger partial charge in [-0.2, -0.15) is 4.73 Å². The van der Waals surface area contributed by atoms with Crippen LogP contribution in [0.4, 0.5) is 0 Å². The van der Waals surface area contributed by atoms with E-state index in [2.05, 4.69) is 16.0 Å². The van der Waals surface area contributed by atoms with Crippen LogP contribution in [0.3, 0.4) is 0 Å². The Hall–Kier alpha value is -3.93. The van der Waals surface area contributed by atoms with Gasteiger partial charge in [-0.3, -0.25) is 28.9 Å². The summed E-state index contributed by atoms with van der Waals surface area (Å²) >= 11 is 0. The third kappa shape index (κ3) is 8.65. The number of piperidine rings is 1. The number of nitrogens with one attached hydrogen (secondary N) is 3. The first-order valence-corrected chi connectivity index (χ1v) is 16.5. The molecule has 1 aromatic carbocycles. The zero-order chi connectivity index (χ0) is 33.2. The normalized spacial score (nSPS) is 24.0. The number of carbonyl (C=O) groups excluding carboxylic acids is 5. The lowest BCUT2D eigenvalue weighted by molar-refractivity contribution is -0.140. The monoisotopic (exact) mass is 639 g/mol. The van der Waals surface area contributed by atoms with Gasteiger partial charge in [0.2, 0.25) is 17.7 Å². The number of ketones is 1. The lowest BCUT2D eigenvalue weighted by Gasteiger charge is -2.36. The van der Waals surface area contributed by atoms with Crippen LogP contribution < -0.4 is 20.8 Å². The van der Waals surface area contributed by atoms with Gasteiger partial charge in [-0.15, -0.1) is 0 Å². The van der Waals surface area contributed by atoms with E-state index in [0.717, 1.165) is 29.3 Å². The van der Waals surface area contributed by atoms with Crippen LogP contribution in [0.1, 0.15) is 77.2 Å². The highest BCUT2D eigenvalue weighted by molar-refractivity contribution is 5.97. The second kappa shape index (κ2) is 16.6. The van der Waals surface area contributed by atoms with E-state index in [4.69, 9.17) is 9.57 Å². The molecule has 0 spiro atoms. The summed E-state index contributed by atoms with van der Waals surface area (Å²) < 4.78 is 6.34. The van der Waals surface area contributed by atoms with Gasteiger partial charge in [0.1, 0.15) is 19.2 Å². The number of hydrogen-bond donors (Lipinski definition) is 3. The van der Waals surface area contributed by atoms with E-state index >= 15 is 0 Å². The van der Waals surface area contributed by atoms with Gasteiger partial charge < -0.3 is 25.5 Å². The predicted molar refractivity (Wildman–Crippen MR) is 173 cm³/mol. The van der Waals surface area contributed by atoms with E-state index in [1.54, 1.807) is 18.0 Å². The number of esters is 1. The molecule has 0 bridgehead atoms. The molecule has 12 nitrogen and oxygen atoms in total. The van der Waals surface area contributed by atoms with Crippen molar-refractivity contribution in [3.8, 4) is 0 Å². The van der Waals surface area contributed by atoms with Gasteiger partial charge >= 0.3 is 5.97 Å². The standard InChI is InChI=1S/C34H49N5O7/c1-5-22(2)31-29(40)21-38-18-12-11-16-28(38)34(44)35-25(14-7-6-8-17-30(41)45-3)32(42)36-26(33(43)37-31)19-23-20-39(46-4)27-15-10-9-13-24(23)27/h9-10,13,15,20,22,25-26,28,31H,5-8,11-12,14,16-19,21H2,1-4H3,(H,35,44)(H,36,42)(H,37,43)/t22-,25-,26-,28+,31-/m0/s1. The molecule has 2 aliphatic rings. The van der Waals surface area contributed by atoms with Crippen molar-refractivity contribution in [2.45, 2.75) is 102 Å². The van der Waals surface area contributed by atoms with Crippen molar-refractivity contribution in [2.24, 2.45) is 5.92 Å². The maximum Gasteiger partial charge on any atom is 0.305 e. The average Bonchev–Trinajstić information content (AvgIpc) is 3.42. The highest BCUT2D eigenvalue weighted by Gasteiger charge is 2.37. The molecule has 1 aromatic heterocycles. The highest BCUT2D eigenvalue weighted by atomic mass is 16.6. The quantitative estimate of drug-likeness (QED) is 0.251. The molecule has 2 fully saturated rings. The summed E-state index contributed by atoms with van der Waals surface area (Å²) in [5.41, 5.74) is 1.60. The van der Waals surface area contributed by atoms with Crippen molar-refractivity contribution in [3.63, 3.8) is 0 Å². The molecule has 0 saturated carbocycles. The Labute approximate surface area is 270 Å². The minimum Gasteiger partial charge on any atom is -0.469 e. The molecule has 4 rings (SSSR count). The van der Waals surface area contributed by atoms with Crippen LogP contribution in [0, 0.1) is 5.92 Å². The Bertz CT molecular complexity index is 1390. The Balaban J connectivity index is 1.66. The molecule has 2 saturated heterocycles. The van der Waals surface area contributed by atoms with E-state index < -0.39 is 36.0 Å². The van der Waals surface area contributed by atoms with Crippen LogP contribution in [0.25, 0.3) is 10.9 Å². The van der Waals surface area contributed by atoms with E-state index in [1.165, 1.54) is 7.11 Å². The molecule has 0 unspecified atom stereocenters. The summed E-state index contributed by atoms with van der Waals surface area (Å²) in [7, 11) is 2.90. The smallest absolute Gasteiger partial charge is 0.305 e. The Morgan fingerprint density at radius 1 is 0.957 bits per heavy atom. The number of carbonyl (C=O) groups is 5. The van der Waals surface area contributed by atoms with Crippen LogP contribution in [0.2, 0.25) is 0 Å². The number of rotatable bonds is 11. The van der Waals surface area contributed by atoms with Crippen LogP contribution in [-0.2, 0) is 35.1 Å². The molecular formula is C34H49N5O7. The second-order valence-electron chi connectivity index (χ2n) is 12.5. The maximum atomic E-state index is 14.0. The number of benzene rings is 1. The minimum atomic E-state index is -1.02. The van der Waals surface area contributed by atoms with Crippen LogP contribution in [-0.4, -0.2) is 90.6 Å². The number of methoxy groups -OCH3 is 1. The number of Topliss-reactive ketones (excluding diaryl/α,β-unsaturated/α-hetero) is 1. The number of hydrogen-bond acceptors (Lipinski definition) is 8. The van der Waals surface area contributed by atoms with Gasteiger partial charge in [-0.25, -0.2) is 0 Å². The molecule has 5 atom stereocenters. The first kappa shape index (κ1) is 34.9. The maximum absolute atomic E-state index is 14.0. The largest absolute Gasteiger partial charge is 0.469 e. The van der Waals surface area contributed by atoms with Crippen molar-refractivity contribution in [1.29, 1.82) is 0 Å². The first-order valence-electron chi connectivity index (χ1n) is 16.5. The van der Waals surface area contributed by atoms with Gasteiger partial charge in [0.05, 0.1) is 31.3 Å². The fourth-order valence-corrected chi connectivity index (χ4v) is 6.47. The molecule has 3 N–H and O–H groups in total. The number of aromatic nitrogens is 1. The molecule has 2 aliphatic heterocycles. The molecule has 3 heterocycles. The summed E-state index contributed by atoms with van der Waals surface area (Å²) in [4.78, 5) is 74.5. The van der Waals surface area contributed by atoms with E-state index in [9.17, 15) is 24.0 Å². The Morgan fingerprint density at radius 2 is 1.70 bits per heavy atom. The fraction of sp³-hybridized carbons (Fsp3) is 0.618. The number of amides is 3. The van der Waals surface area contributed by atoms with Gasteiger partial charge in [0.25, 0.3) is 0 Å². The minimum absolute atomic E-state index is 0.0406. The lowest BCUT2D eigenvalue weighted by Crippen LogP contribution is -2.57. The molecule has 0 aliphatic carbocycles. The van der Waals surface area contributed by atoms with Crippen molar-refractivity contribution in [2.75, 3.05) is 27.3 Å². The number of ether oxygens (including phenoxy) is 1. The summed E-state index contributed by atoms with van der Waals surface area (Å²) in [6, 6.07) is 4.39. The van der Waals surface area contributed by atoms with Gasteiger partial charge in [0.15, 0.2) is 5.78 Å². The number of nitrogens with zero attached hydrogens (tertiary/aromatic N) is 2. The summed E-state index contributed by atoms with van der Waals surface area (Å²) in [5, 5.41) is 9.77. The van der Waals surface area contributed by atoms with Crippen LogP contribution in [0.15, 0.2) is 30.5 Å². The fourth-order valence-electron chi connectivity index (χ4n) is 6.47. The van der Waals surface area contributed by atoms with Gasteiger partial charge in [0, 0.05) is 24.4 Å². The molecule has 2 aromatic rings. The number of para-hydroxylation sites is 1. The number of fused-ring (bicyclic) bond motifs is 2. The summed E-state index contributed by atoms with van der Waals surface area (Å²) in [5.74, 6) is -1.81. The molecular weight excluding hydrogens is 590 g/mol. The average molecular weight is 640 g/mol. The lowest BCUT2D eigenvalue weighted by atomic mass is 9.93. The summed E-state index contributed by atoms with van der Waals surface area (Å²) in [6.45, 7) is 4.52. The zero-order valence-electron chi connectivity index (χ0n) is 27.5. The Kier molecular flexibility index (Phi) is 12.6. The van der Waals surface area contributed by atoms with E-state index in [-0.39, 0.29) is 43.0 Å². The van der Waals surface area contributed by atoms with Gasteiger partial charge in [-0.1, -0.05) is 57.7 Å². The van der Waals surface area contributed by atoms with E-state index in [1.807, 2.05) is 43.0 Å². The van der Waals surface area contributed by atoms with Crippen molar-refractivity contribution in [1.82, 2.24) is 25.6 Å². The predicted octanol–water partition coefficient (Wildman–Crippen LogP) is 2.30. The topological polar surface area (TPSA) is 148 Å². The summed E-state index contributed by atoms with van der Waals surface area (Å²) in [6.07, 6.45) is 7.33. The Morgan fingerprint density at radius 3 is 2.43 bits per heavy atom. The number of unbranched alkanes of at least 4 members (excludes halogenated alkanes) is 2. The van der Waals surface area contributed by atoms with E-state index in [0.29, 0.717) is 45.1 Å². The van der Waals surface area contributed by atoms with Crippen LogP contribution >= 0.6 is 0 Å². The van der Waals surface area contributed by atoms with Crippen LogP contribution in [0.5, 0.6) is 0 Å². The molecule has 3 amide bonds. The highest BCUT2D eigenvalue weighted by Crippen LogP contribution is 2.23. The van der Waals surface area contributed by atoms with Gasteiger partial charge in [-0.05, 0) is 49.8 Å². The SMILES string of the molecule is CC[C@H](C)[C@@H]1NC(=O)[C@H](Cc2cn(OC)c3ccccc23)NC(=O)[C@H](CCCCCC(=O)OC)NC(=O)[C@H]2CCCCN2CC1=O. The van der Waals surface area contributed by atoms with Crippen molar-refractivity contribution < 1.29 is 33.5 Å². The second-order valence-corrected chi connectivity index (χ2v) is 12.5. The third-order valence-electron chi connectivity index (χ3n) is 9.38. The van der Waals surface area contributed by atoms with Crippen molar-refractivity contribution in [3.05, 3.63) is 36.0 Å². The molecule has 46 heavy (non-hydrogen) atoms. The zero-order valence-corrected chi connectivity index (χ0v) is 27.5. The first-order chi connectivity index (χ1) is 22.2. The molecule has 252 valence electrons. The third-order valence-corrected chi connectivity index (χ3v) is 9.38. The molecule has 12 heteroatoms. The van der Waals surface area contributed by atoms with Crippen molar-refractivity contribution >= 4 is 40.4 Å².